The Morgan fingerprint density at radius 3 is 2.78 bits per heavy atom. The van der Waals surface area contributed by atoms with E-state index in [1.165, 1.54) is 17.5 Å². The van der Waals surface area contributed by atoms with Crippen LogP contribution < -0.4 is 10.6 Å². The SMILES string of the molecule is C=C1Cc2ccc(CN3CCC(Nc4ncnc5sc(CC(F)(F)F)cc45)CC3)cc2N1. The summed E-state index contributed by atoms with van der Waals surface area (Å²) in [5.74, 6) is 0.628. The fourth-order valence-corrected chi connectivity index (χ4v) is 5.48. The summed E-state index contributed by atoms with van der Waals surface area (Å²) in [5.41, 5.74) is 4.78. The molecule has 0 radical (unpaired) electrons. The number of rotatable bonds is 5. The molecule has 0 amide bonds. The van der Waals surface area contributed by atoms with Crippen molar-refractivity contribution in [2.24, 2.45) is 0 Å². The molecule has 1 saturated heterocycles. The van der Waals surface area contributed by atoms with Crippen molar-refractivity contribution in [3.63, 3.8) is 0 Å². The molecule has 5 nitrogen and oxygen atoms in total. The van der Waals surface area contributed by atoms with Crippen LogP contribution in [-0.2, 0) is 19.4 Å². The highest BCUT2D eigenvalue weighted by molar-refractivity contribution is 7.18. The molecular formula is C23H24F3N5S. The molecule has 0 saturated carbocycles. The monoisotopic (exact) mass is 459 g/mol. The second-order valence-electron chi connectivity index (χ2n) is 8.54. The van der Waals surface area contributed by atoms with Gasteiger partial charge in [-0.05, 0) is 36.1 Å². The van der Waals surface area contributed by atoms with Gasteiger partial charge < -0.3 is 10.6 Å². The van der Waals surface area contributed by atoms with Crippen molar-refractivity contribution in [3.8, 4) is 0 Å². The fraction of sp³-hybridized carbons (Fsp3) is 0.391. The van der Waals surface area contributed by atoms with E-state index in [-0.39, 0.29) is 10.9 Å². The van der Waals surface area contributed by atoms with Gasteiger partial charge in [0.05, 0.1) is 11.8 Å². The van der Waals surface area contributed by atoms with Crippen LogP contribution in [0.15, 0.2) is 42.9 Å². The van der Waals surface area contributed by atoms with Gasteiger partial charge in [0.1, 0.15) is 17.0 Å². The predicted molar refractivity (Wildman–Crippen MR) is 122 cm³/mol. The van der Waals surface area contributed by atoms with E-state index >= 15 is 0 Å². The number of thiophene rings is 1. The summed E-state index contributed by atoms with van der Waals surface area (Å²) in [7, 11) is 0. The second kappa shape index (κ2) is 8.37. The van der Waals surface area contributed by atoms with Crippen molar-refractivity contribution in [1.82, 2.24) is 14.9 Å². The summed E-state index contributed by atoms with van der Waals surface area (Å²) >= 11 is 1.08. The van der Waals surface area contributed by atoms with Crippen molar-refractivity contribution >= 4 is 33.1 Å². The Hall–Kier alpha value is -2.65. The van der Waals surface area contributed by atoms with Gasteiger partial charge in [-0.3, -0.25) is 4.90 Å². The van der Waals surface area contributed by atoms with Crippen LogP contribution in [0.3, 0.4) is 0 Å². The minimum Gasteiger partial charge on any atom is -0.367 e. The van der Waals surface area contributed by atoms with Gasteiger partial charge in [-0.2, -0.15) is 13.2 Å². The maximum absolute atomic E-state index is 12.8. The molecular weight excluding hydrogens is 435 g/mol. The highest BCUT2D eigenvalue weighted by Gasteiger charge is 2.29. The van der Waals surface area contributed by atoms with E-state index in [4.69, 9.17) is 0 Å². The Kier molecular flexibility index (Phi) is 5.54. The lowest BCUT2D eigenvalue weighted by Gasteiger charge is -2.32. The zero-order valence-corrected chi connectivity index (χ0v) is 18.3. The van der Waals surface area contributed by atoms with Gasteiger partial charge in [0.15, 0.2) is 0 Å². The number of fused-ring (bicyclic) bond motifs is 2. The summed E-state index contributed by atoms with van der Waals surface area (Å²) in [6.07, 6.45) is -0.944. The van der Waals surface area contributed by atoms with Crippen molar-refractivity contribution in [1.29, 1.82) is 0 Å². The van der Waals surface area contributed by atoms with Gasteiger partial charge in [0.2, 0.25) is 0 Å². The summed E-state index contributed by atoms with van der Waals surface area (Å²) in [4.78, 5) is 11.8. The summed E-state index contributed by atoms with van der Waals surface area (Å²) in [6, 6.07) is 8.39. The van der Waals surface area contributed by atoms with Crippen molar-refractivity contribution in [3.05, 3.63) is 58.9 Å². The summed E-state index contributed by atoms with van der Waals surface area (Å²) in [5, 5.41) is 7.47. The Bertz CT molecular complexity index is 1150. The number of hydrogen-bond acceptors (Lipinski definition) is 6. The quantitative estimate of drug-likeness (QED) is 0.538. The smallest absolute Gasteiger partial charge is 0.367 e. The van der Waals surface area contributed by atoms with Gasteiger partial charge >= 0.3 is 6.18 Å². The topological polar surface area (TPSA) is 53.1 Å². The van der Waals surface area contributed by atoms with Crippen LogP contribution in [0.5, 0.6) is 0 Å². The third kappa shape index (κ3) is 4.73. The Morgan fingerprint density at radius 2 is 2.00 bits per heavy atom. The molecule has 1 aromatic carbocycles. The van der Waals surface area contributed by atoms with E-state index in [9.17, 15) is 13.2 Å². The normalized spacial score (nSPS) is 17.5. The number of benzene rings is 1. The van der Waals surface area contributed by atoms with E-state index in [1.54, 1.807) is 6.07 Å². The number of allylic oxidation sites excluding steroid dienone is 1. The number of likely N-dealkylation sites (tertiary alicyclic amines) is 1. The van der Waals surface area contributed by atoms with Gasteiger partial charge in [0, 0.05) is 48.4 Å². The molecule has 32 heavy (non-hydrogen) atoms. The zero-order chi connectivity index (χ0) is 22.3. The molecule has 3 aromatic rings. The first-order chi connectivity index (χ1) is 15.3. The van der Waals surface area contributed by atoms with Crippen LogP contribution in [0.25, 0.3) is 10.2 Å². The largest absolute Gasteiger partial charge is 0.393 e. The number of nitrogens with zero attached hydrogens (tertiary/aromatic N) is 3. The molecule has 5 rings (SSSR count). The first-order valence-corrected chi connectivity index (χ1v) is 11.5. The van der Waals surface area contributed by atoms with Crippen LogP contribution in [0, 0.1) is 0 Å². The van der Waals surface area contributed by atoms with Crippen LogP contribution in [0.2, 0.25) is 0 Å². The van der Waals surface area contributed by atoms with Crippen molar-refractivity contribution in [2.45, 2.75) is 44.4 Å². The second-order valence-corrected chi connectivity index (χ2v) is 9.65. The van der Waals surface area contributed by atoms with E-state index < -0.39 is 12.6 Å². The van der Waals surface area contributed by atoms with Gasteiger partial charge in [-0.1, -0.05) is 18.7 Å². The Labute approximate surface area is 188 Å². The summed E-state index contributed by atoms with van der Waals surface area (Å²) < 4.78 is 38.3. The van der Waals surface area contributed by atoms with E-state index in [0.717, 1.165) is 61.6 Å². The van der Waals surface area contributed by atoms with Gasteiger partial charge in [-0.15, -0.1) is 11.3 Å². The molecule has 2 aromatic heterocycles. The number of alkyl halides is 3. The first kappa shape index (κ1) is 21.2. The van der Waals surface area contributed by atoms with Crippen molar-refractivity contribution in [2.75, 3.05) is 23.7 Å². The number of piperidine rings is 1. The van der Waals surface area contributed by atoms with Gasteiger partial charge in [-0.25, -0.2) is 9.97 Å². The van der Waals surface area contributed by atoms with E-state index in [2.05, 4.69) is 50.3 Å². The maximum Gasteiger partial charge on any atom is 0.393 e. The number of hydrogen-bond donors (Lipinski definition) is 2. The highest BCUT2D eigenvalue weighted by atomic mass is 32.1. The Balaban J connectivity index is 1.20. The zero-order valence-electron chi connectivity index (χ0n) is 17.5. The minimum atomic E-state index is -4.22. The molecule has 0 aliphatic carbocycles. The van der Waals surface area contributed by atoms with Crippen LogP contribution in [0.1, 0.15) is 28.8 Å². The molecule has 2 aliphatic rings. The number of aromatic nitrogens is 2. The molecule has 2 aliphatic heterocycles. The molecule has 0 spiro atoms. The van der Waals surface area contributed by atoms with E-state index in [1.807, 2.05) is 0 Å². The lowest BCUT2D eigenvalue weighted by molar-refractivity contribution is -0.126. The minimum absolute atomic E-state index is 0.236. The number of anilines is 2. The van der Waals surface area contributed by atoms with E-state index in [0.29, 0.717) is 16.0 Å². The lowest BCUT2D eigenvalue weighted by atomic mass is 10.0. The lowest BCUT2D eigenvalue weighted by Crippen LogP contribution is -2.38. The van der Waals surface area contributed by atoms with Gasteiger partial charge in [0.25, 0.3) is 0 Å². The molecule has 4 heterocycles. The van der Waals surface area contributed by atoms with Crippen LogP contribution >= 0.6 is 11.3 Å². The average molecular weight is 460 g/mol. The van der Waals surface area contributed by atoms with Crippen LogP contribution in [-0.4, -0.2) is 40.2 Å². The average Bonchev–Trinajstić information content (AvgIpc) is 3.30. The molecule has 168 valence electrons. The van der Waals surface area contributed by atoms with Crippen LogP contribution in [0.4, 0.5) is 24.7 Å². The fourth-order valence-electron chi connectivity index (χ4n) is 4.45. The summed E-state index contributed by atoms with van der Waals surface area (Å²) in [6.45, 7) is 6.81. The molecule has 0 unspecified atom stereocenters. The molecule has 0 atom stereocenters. The third-order valence-corrected chi connectivity index (χ3v) is 7.02. The Morgan fingerprint density at radius 1 is 1.19 bits per heavy atom. The highest BCUT2D eigenvalue weighted by Crippen LogP contribution is 2.33. The standard InChI is InChI=1S/C23H24F3N5S/c1-14-8-16-3-2-15(9-20(16)29-14)12-31-6-4-17(5-7-31)30-21-19-10-18(11-23(24,25)26)32-22(19)28-13-27-21/h2-3,9-10,13,17,29H,1,4-8,11-12H2,(H,27,28,30). The predicted octanol–water partition coefficient (Wildman–Crippen LogP) is 5.35. The number of nitrogens with one attached hydrogen (secondary N) is 2. The first-order valence-electron chi connectivity index (χ1n) is 10.7. The molecule has 1 fully saturated rings. The number of halogens is 3. The molecule has 2 N–H and O–H groups in total. The van der Waals surface area contributed by atoms with Crippen molar-refractivity contribution < 1.29 is 13.2 Å². The molecule has 0 bridgehead atoms. The molecule has 9 heteroatoms. The maximum atomic E-state index is 12.8. The third-order valence-electron chi connectivity index (χ3n) is 5.98.